The summed E-state index contributed by atoms with van der Waals surface area (Å²) in [5.41, 5.74) is 2.29. The van der Waals surface area contributed by atoms with Crippen LogP contribution in [0.4, 0.5) is 0 Å². The Morgan fingerprint density at radius 2 is 2.04 bits per heavy atom. The van der Waals surface area contributed by atoms with Crippen LogP contribution in [0.3, 0.4) is 0 Å². The van der Waals surface area contributed by atoms with Crippen molar-refractivity contribution in [1.82, 2.24) is 14.8 Å². The first-order valence-corrected chi connectivity index (χ1v) is 8.70. The summed E-state index contributed by atoms with van der Waals surface area (Å²) < 4.78 is 5.67. The first-order valence-electron chi connectivity index (χ1n) is 8.70. The molecule has 1 N–H and O–H groups in total. The molecule has 1 saturated heterocycles. The molecule has 2 aliphatic rings. The molecular weight excluding hydrogens is 306 g/mol. The smallest absolute Gasteiger partial charge is 0.289 e. The van der Waals surface area contributed by atoms with Crippen LogP contribution in [-0.2, 0) is 0 Å². The molecule has 0 bridgehead atoms. The van der Waals surface area contributed by atoms with E-state index < -0.39 is 0 Å². The Bertz CT molecular complexity index is 749. The minimum absolute atomic E-state index is 0.0720. The van der Waals surface area contributed by atoms with Gasteiger partial charge in [0.2, 0.25) is 0 Å². The number of aromatic nitrogens is 1. The summed E-state index contributed by atoms with van der Waals surface area (Å²) in [5, 5.41) is 10.1. The standard InChI is InChI=1S/C18H23N3O3/c1-12-5-6-16-13(19-12)11-17(24-16)18(23)21-9-7-20(8-10-21)14-3-2-4-15(14)22/h5-6,11,14-15,22H,2-4,7-10H2,1H3/t14-,15+/m0/s1. The molecule has 0 radical (unpaired) electrons. The monoisotopic (exact) mass is 329 g/mol. The maximum Gasteiger partial charge on any atom is 0.289 e. The molecule has 6 nitrogen and oxygen atoms in total. The zero-order valence-electron chi connectivity index (χ0n) is 13.9. The molecule has 1 amide bonds. The first kappa shape index (κ1) is 15.6. The van der Waals surface area contributed by atoms with Gasteiger partial charge in [0.1, 0.15) is 5.52 Å². The van der Waals surface area contributed by atoms with Gasteiger partial charge in [-0.15, -0.1) is 0 Å². The number of carbonyl (C=O) groups is 1. The number of furan rings is 1. The van der Waals surface area contributed by atoms with E-state index in [9.17, 15) is 9.90 Å². The number of amides is 1. The van der Waals surface area contributed by atoms with Gasteiger partial charge in [-0.05, 0) is 38.3 Å². The summed E-state index contributed by atoms with van der Waals surface area (Å²) in [6, 6.07) is 5.73. The number of carbonyl (C=O) groups excluding carboxylic acids is 1. The van der Waals surface area contributed by atoms with Crippen LogP contribution in [-0.4, -0.2) is 64.1 Å². The molecule has 0 spiro atoms. The lowest BCUT2D eigenvalue weighted by Crippen LogP contribution is -2.53. The summed E-state index contributed by atoms with van der Waals surface area (Å²) in [6.45, 7) is 4.89. The van der Waals surface area contributed by atoms with Crippen molar-refractivity contribution >= 4 is 17.0 Å². The maximum atomic E-state index is 12.7. The first-order chi connectivity index (χ1) is 11.6. The third kappa shape index (κ3) is 2.80. The molecule has 2 aromatic rings. The van der Waals surface area contributed by atoms with E-state index in [1.165, 1.54) is 0 Å². The molecule has 2 atom stereocenters. The molecule has 2 aromatic heterocycles. The lowest BCUT2D eigenvalue weighted by atomic mass is 10.1. The van der Waals surface area contributed by atoms with Gasteiger partial charge in [-0.2, -0.15) is 0 Å². The van der Waals surface area contributed by atoms with E-state index >= 15 is 0 Å². The van der Waals surface area contributed by atoms with Crippen molar-refractivity contribution in [3.05, 3.63) is 29.7 Å². The molecule has 1 aliphatic heterocycles. The molecule has 3 heterocycles. The number of hydrogen-bond acceptors (Lipinski definition) is 5. The van der Waals surface area contributed by atoms with E-state index in [1.807, 2.05) is 24.0 Å². The van der Waals surface area contributed by atoms with Gasteiger partial charge in [-0.25, -0.2) is 4.98 Å². The van der Waals surface area contributed by atoms with Crippen LogP contribution in [0.2, 0.25) is 0 Å². The summed E-state index contributed by atoms with van der Waals surface area (Å²) in [7, 11) is 0. The highest BCUT2D eigenvalue weighted by Gasteiger charge is 2.34. The van der Waals surface area contributed by atoms with Gasteiger partial charge >= 0.3 is 0 Å². The molecule has 6 heteroatoms. The molecule has 2 fully saturated rings. The number of aryl methyl sites for hydroxylation is 1. The average molecular weight is 329 g/mol. The van der Waals surface area contributed by atoms with Crippen molar-refractivity contribution in [2.75, 3.05) is 26.2 Å². The number of pyridine rings is 1. The fourth-order valence-electron chi connectivity index (χ4n) is 3.89. The Kier molecular flexibility index (Phi) is 4.02. The third-order valence-electron chi connectivity index (χ3n) is 5.24. The summed E-state index contributed by atoms with van der Waals surface area (Å²) in [5.74, 6) is 0.287. The van der Waals surface area contributed by atoms with Crippen LogP contribution in [0, 0.1) is 6.92 Å². The third-order valence-corrected chi connectivity index (χ3v) is 5.24. The zero-order valence-corrected chi connectivity index (χ0v) is 13.9. The number of rotatable bonds is 2. The van der Waals surface area contributed by atoms with Gasteiger partial charge < -0.3 is 14.4 Å². The van der Waals surface area contributed by atoms with E-state index in [4.69, 9.17) is 4.42 Å². The fourth-order valence-corrected chi connectivity index (χ4v) is 3.89. The fraction of sp³-hybridized carbons (Fsp3) is 0.556. The van der Waals surface area contributed by atoms with Gasteiger partial charge in [0.25, 0.3) is 5.91 Å². The maximum absolute atomic E-state index is 12.7. The molecule has 4 rings (SSSR count). The van der Waals surface area contributed by atoms with Crippen LogP contribution >= 0.6 is 0 Å². The molecule has 0 unspecified atom stereocenters. The van der Waals surface area contributed by atoms with Crippen LogP contribution in [0.25, 0.3) is 11.1 Å². The number of fused-ring (bicyclic) bond motifs is 1. The average Bonchev–Trinajstić information content (AvgIpc) is 3.20. The number of nitrogens with zero attached hydrogens (tertiary/aromatic N) is 3. The SMILES string of the molecule is Cc1ccc2oc(C(=O)N3CCN([C@H]4CCC[C@H]4O)CC3)cc2n1. The number of piperazine rings is 1. The van der Waals surface area contributed by atoms with Gasteiger partial charge in [0.15, 0.2) is 11.3 Å². The Labute approximate surface area is 141 Å². The molecule has 1 saturated carbocycles. The highest BCUT2D eigenvalue weighted by Crippen LogP contribution is 2.26. The Balaban J connectivity index is 1.43. The second-order valence-electron chi connectivity index (χ2n) is 6.84. The van der Waals surface area contributed by atoms with E-state index in [1.54, 1.807) is 6.07 Å². The van der Waals surface area contributed by atoms with Crippen LogP contribution in [0.5, 0.6) is 0 Å². The van der Waals surface area contributed by atoms with Crippen molar-refractivity contribution < 1.29 is 14.3 Å². The predicted octanol–water partition coefficient (Wildman–Crippen LogP) is 1.81. The Morgan fingerprint density at radius 1 is 1.25 bits per heavy atom. The van der Waals surface area contributed by atoms with Gasteiger partial charge in [-0.1, -0.05) is 0 Å². The lowest BCUT2D eigenvalue weighted by Gasteiger charge is -2.38. The minimum atomic E-state index is -0.211. The highest BCUT2D eigenvalue weighted by atomic mass is 16.3. The quantitative estimate of drug-likeness (QED) is 0.910. The normalized spacial score (nSPS) is 25.5. The molecule has 0 aromatic carbocycles. The van der Waals surface area contributed by atoms with Gasteiger partial charge in [0, 0.05) is 44.0 Å². The van der Waals surface area contributed by atoms with Crippen molar-refractivity contribution in [3.8, 4) is 0 Å². The lowest BCUT2D eigenvalue weighted by molar-refractivity contribution is 0.0303. The Morgan fingerprint density at radius 3 is 2.75 bits per heavy atom. The summed E-state index contributed by atoms with van der Waals surface area (Å²) in [6.07, 6.45) is 2.84. The minimum Gasteiger partial charge on any atom is -0.449 e. The summed E-state index contributed by atoms with van der Waals surface area (Å²) >= 11 is 0. The highest BCUT2D eigenvalue weighted by molar-refractivity contribution is 5.95. The number of hydrogen-bond donors (Lipinski definition) is 1. The van der Waals surface area contributed by atoms with Crippen molar-refractivity contribution in [2.45, 2.75) is 38.3 Å². The van der Waals surface area contributed by atoms with E-state index in [2.05, 4.69) is 9.88 Å². The van der Waals surface area contributed by atoms with Crippen molar-refractivity contribution in [3.63, 3.8) is 0 Å². The van der Waals surface area contributed by atoms with Crippen molar-refractivity contribution in [2.24, 2.45) is 0 Å². The van der Waals surface area contributed by atoms with E-state index in [0.717, 1.165) is 43.6 Å². The van der Waals surface area contributed by atoms with Gasteiger partial charge in [0.05, 0.1) is 6.10 Å². The number of aliphatic hydroxyl groups excluding tert-OH is 1. The van der Waals surface area contributed by atoms with Crippen molar-refractivity contribution in [1.29, 1.82) is 0 Å². The second kappa shape index (κ2) is 6.18. The van der Waals surface area contributed by atoms with E-state index in [-0.39, 0.29) is 18.1 Å². The predicted molar refractivity (Wildman–Crippen MR) is 89.9 cm³/mol. The van der Waals surface area contributed by atoms with E-state index in [0.29, 0.717) is 24.4 Å². The zero-order chi connectivity index (χ0) is 16.7. The molecule has 24 heavy (non-hydrogen) atoms. The molecule has 1 aliphatic carbocycles. The Hall–Kier alpha value is -1.92. The van der Waals surface area contributed by atoms with Crippen LogP contribution in [0.1, 0.15) is 35.5 Å². The second-order valence-corrected chi connectivity index (χ2v) is 6.84. The topological polar surface area (TPSA) is 69.8 Å². The number of aliphatic hydroxyl groups is 1. The summed E-state index contributed by atoms with van der Waals surface area (Å²) in [4.78, 5) is 21.2. The molecule has 128 valence electrons. The van der Waals surface area contributed by atoms with Gasteiger partial charge in [-0.3, -0.25) is 9.69 Å². The van der Waals surface area contributed by atoms with Crippen LogP contribution < -0.4 is 0 Å². The van der Waals surface area contributed by atoms with Crippen LogP contribution in [0.15, 0.2) is 22.6 Å². The largest absolute Gasteiger partial charge is 0.449 e. The molecular formula is C18H23N3O3.